The maximum Gasteiger partial charge on any atom is 0.223 e. The van der Waals surface area contributed by atoms with Crippen LogP contribution in [0, 0.1) is 0 Å². The molecule has 0 amide bonds. The average Bonchev–Trinajstić information content (AvgIpc) is 3.65. The van der Waals surface area contributed by atoms with Crippen LogP contribution < -0.4 is 4.74 Å². The van der Waals surface area contributed by atoms with E-state index in [0.717, 1.165) is 22.3 Å². The van der Waals surface area contributed by atoms with Crippen LogP contribution in [-0.4, -0.2) is 29.5 Å². The Labute approximate surface area is 201 Å². The lowest BCUT2D eigenvalue weighted by molar-refractivity contribution is 0.442. The fourth-order valence-electron chi connectivity index (χ4n) is 3.91. The van der Waals surface area contributed by atoms with Crippen LogP contribution in [0.15, 0.2) is 122 Å². The van der Waals surface area contributed by atoms with Gasteiger partial charge in [0.1, 0.15) is 0 Å². The molecule has 7 heteroatoms. The summed E-state index contributed by atoms with van der Waals surface area (Å²) >= 11 is 0. The van der Waals surface area contributed by atoms with E-state index in [1.54, 1.807) is 21.8 Å². The molecule has 0 radical (unpaired) electrons. The molecule has 35 heavy (non-hydrogen) atoms. The van der Waals surface area contributed by atoms with Gasteiger partial charge in [0, 0.05) is 48.0 Å². The molecule has 0 N–H and O–H groups in total. The highest BCUT2D eigenvalue weighted by Crippen LogP contribution is 2.31. The first-order valence-electron chi connectivity index (χ1n) is 11.2. The normalized spacial score (nSPS) is 10.9. The minimum Gasteiger partial charge on any atom is -0.421 e. The van der Waals surface area contributed by atoms with Crippen molar-refractivity contribution in [3.05, 3.63) is 122 Å². The summed E-state index contributed by atoms with van der Waals surface area (Å²) in [6, 6.07) is 31.6. The summed E-state index contributed by atoms with van der Waals surface area (Å²) in [5.74, 6) is 2.18. The third-order valence-corrected chi connectivity index (χ3v) is 5.52. The molecule has 0 saturated heterocycles. The smallest absolute Gasteiger partial charge is 0.223 e. The second-order valence-electron chi connectivity index (χ2n) is 7.78. The lowest BCUT2D eigenvalue weighted by Crippen LogP contribution is -2.04. The SMILES string of the molecule is c1ccc(-c2ccc(Oc3ccc(-c4ccccc4)c(-n4cccn4)n3)nc2-n2cccn2)cc1. The van der Waals surface area contributed by atoms with Crippen LogP contribution in [0.4, 0.5) is 0 Å². The van der Waals surface area contributed by atoms with E-state index in [4.69, 9.17) is 14.7 Å². The molecule has 0 bridgehead atoms. The zero-order chi connectivity index (χ0) is 23.5. The van der Waals surface area contributed by atoms with E-state index in [2.05, 4.69) is 10.2 Å². The van der Waals surface area contributed by atoms with Gasteiger partial charge in [-0.05, 0) is 35.4 Å². The molecule has 6 aromatic rings. The predicted octanol–water partition coefficient (Wildman–Crippen LogP) is 5.97. The molecule has 0 fully saturated rings. The lowest BCUT2D eigenvalue weighted by atomic mass is 10.1. The van der Waals surface area contributed by atoms with E-state index in [0.29, 0.717) is 23.4 Å². The maximum absolute atomic E-state index is 6.13. The van der Waals surface area contributed by atoms with Gasteiger partial charge in [0.05, 0.1) is 0 Å². The predicted molar refractivity (Wildman–Crippen MR) is 134 cm³/mol. The number of aromatic nitrogens is 6. The van der Waals surface area contributed by atoms with E-state index in [1.807, 2.05) is 109 Å². The van der Waals surface area contributed by atoms with Crippen LogP contribution >= 0.6 is 0 Å². The van der Waals surface area contributed by atoms with Gasteiger partial charge >= 0.3 is 0 Å². The molecule has 0 saturated carbocycles. The minimum atomic E-state index is 0.418. The van der Waals surface area contributed by atoms with Gasteiger partial charge in [0.25, 0.3) is 0 Å². The molecule has 0 aliphatic carbocycles. The number of hydrogen-bond donors (Lipinski definition) is 0. The van der Waals surface area contributed by atoms with Crippen LogP contribution in [0.3, 0.4) is 0 Å². The van der Waals surface area contributed by atoms with Gasteiger partial charge in [0.15, 0.2) is 11.6 Å². The molecule has 0 unspecified atom stereocenters. The monoisotopic (exact) mass is 456 g/mol. The second-order valence-corrected chi connectivity index (χ2v) is 7.78. The van der Waals surface area contributed by atoms with Crippen molar-refractivity contribution in [1.82, 2.24) is 29.5 Å². The van der Waals surface area contributed by atoms with Crippen LogP contribution in [0.2, 0.25) is 0 Å². The third kappa shape index (κ3) is 4.18. The van der Waals surface area contributed by atoms with Crippen molar-refractivity contribution < 1.29 is 4.74 Å². The van der Waals surface area contributed by atoms with Gasteiger partial charge in [-0.1, -0.05) is 60.7 Å². The number of rotatable bonds is 6. The molecular formula is C28H20N6O. The largest absolute Gasteiger partial charge is 0.421 e. The van der Waals surface area contributed by atoms with E-state index < -0.39 is 0 Å². The van der Waals surface area contributed by atoms with Gasteiger partial charge in [0.2, 0.25) is 11.8 Å². The first kappa shape index (κ1) is 20.6. The maximum atomic E-state index is 6.13. The Morgan fingerprint density at radius 2 is 0.943 bits per heavy atom. The molecule has 0 aliphatic heterocycles. The Morgan fingerprint density at radius 1 is 0.486 bits per heavy atom. The van der Waals surface area contributed by atoms with Crippen LogP contribution in [-0.2, 0) is 0 Å². The summed E-state index contributed by atoms with van der Waals surface area (Å²) in [7, 11) is 0. The van der Waals surface area contributed by atoms with Gasteiger partial charge in [-0.3, -0.25) is 0 Å². The summed E-state index contributed by atoms with van der Waals surface area (Å²) in [4.78, 5) is 9.55. The van der Waals surface area contributed by atoms with Gasteiger partial charge < -0.3 is 4.74 Å². The highest BCUT2D eigenvalue weighted by Gasteiger charge is 2.15. The number of hydrogen-bond acceptors (Lipinski definition) is 5. The van der Waals surface area contributed by atoms with Crippen LogP contribution in [0.5, 0.6) is 11.8 Å². The standard InChI is InChI=1S/C28H20N6O/c1-3-9-21(10-4-1)23-13-15-25(31-27(23)33-19-7-17-29-33)35-26-16-14-24(22-11-5-2-6-12-22)28(32-26)34-20-8-18-30-34/h1-20H. The Kier molecular flexibility index (Phi) is 5.33. The molecule has 4 aromatic heterocycles. The van der Waals surface area contributed by atoms with E-state index in [1.165, 1.54) is 0 Å². The van der Waals surface area contributed by atoms with E-state index in [9.17, 15) is 0 Å². The molecule has 2 aromatic carbocycles. The lowest BCUT2D eigenvalue weighted by Gasteiger charge is -2.13. The molecule has 168 valence electrons. The van der Waals surface area contributed by atoms with Crippen molar-refractivity contribution in [1.29, 1.82) is 0 Å². The van der Waals surface area contributed by atoms with Gasteiger partial charge in [-0.2, -0.15) is 20.2 Å². The minimum absolute atomic E-state index is 0.418. The number of ether oxygens (including phenoxy) is 1. The van der Waals surface area contributed by atoms with Crippen molar-refractivity contribution in [2.45, 2.75) is 0 Å². The topological polar surface area (TPSA) is 70.7 Å². The quantitative estimate of drug-likeness (QED) is 0.309. The Hall–Kier alpha value is -5.04. The average molecular weight is 457 g/mol. The Balaban J connectivity index is 1.40. The first-order chi connectivity index (χ1) is 17.3. The molecule has 0 atom stereocenters. The van der Waals surface area contributed by atoms with Crippen LogP contribution in [0.1, 0.15) is 0 Å². The Morgan fingerprint density at radius 3 is 1.34 bits per heavy atom. The summed E-state index contributed by atoms with van der Waals surface area (Å²) in [6.07, 6.45) is 7.18. The molecule has 0 spiro atoms. The first-order valence-corrected chi connectivity index (χ1v) is 11.2. The number of nitrogens with zero attached hydrogens (tertiary/aromatic N) is 6. The zero-order valence-electron chi connectivity index (χ0n) is 18.6. The summed E-state index contributed by atoms with van der Waals surface area (Å²) in [5, 5.41) is 8.77. The second kappa shape index (κ2) is 9.07. The third-order valence-electron chi connectivity index (χ3n) is 5.52. The highest BCUT2D eigenvalue weighted by atomic mass is 16.5. The van der Waals surface area contributed by atoms with Crippen molar-refractivity contribution in [2.75, 3.05) is 0 Å². The number of benzene rings is 2. The van der Waals surface area contributed by atoms with Crippen molar-refractivity contribution in [2.24, 2.45) is 0 Å². The van der Waals surface area contributed by atoms with E-state index in [-0.39, 0.29) is 0 Å². The van der Waals surface area contributed by atoms with Crippen LogP contribution in [0.25, 0.3) is 33.9 Å². The zero-order valence-corrected chi connectivity index (χ0v) is 18.6. The molecule has 7 nitrogen and oxygen atoms in total. The van der Waals surface area contributed by atoms with Gasteiger partial charge in [-0.15, -0.1) is 0 Å². The molecule has 6 rings (SSSR count). The fourth-order valence-corrected chi connectivity index (χ4v) is 3.91. The summed E-state index contributed by atoms with van der Waals surface area (Å²) < 4.78 is 9.60. The van der Waals surface area contributed by atoms with Crippen molar-refractivity contribution >= 4 is 0 Å². The molecular weight excluding hydrogens is 436 g/mol. The fraction of sp³-hybridized carbons (Fsp3) is 0. The Bertz CT molecular complexity index is 1430. The summed E-state index contributed by atoms with van der Waals surface area (Å²) in [5.41, 5.74) is 3.99. The highest BCUT2D eigenvalue weighted by molar-refractivity contribution is 5.72. The molecule has 4 heterocycles. The van der Waals surface area contributed by atoms with E-state index >= 15 is 0 Å². The van der Waals surface area contributed by atoms with Gasteiger partial charge in [-0.25, -0.2) is 9.36 Å². The summed E-state index contributed by atoms with van der Waals surface area (Å²) in [6.45, 7) is 0. The molecule has 0 aliphatic rings. The van der Waals surface area contributed by atoms with Crippen molar-refractivity contribution in [3.63, 3.8) is 0 Å². The number of pyridine rings is 2. The van der Waals surface area contributed by atoms with Crippen molar-refractivity contribution in [3.8, 4) is 45.6 Å².